The van der Waals surface area contributed by atoms with E-state index >= 15 is 0 Å². The number of nitriles is 1. The highest BCUT2D eigenvalue weighted by Gasteiger charge is 2.36. The Morgan fingerprint density at radius 3 is 2.64 bits per heavy atom. The van der Waals surface area contributed by atoms with Crippen LogP contribution in [0.1, 0.15) is 13.3 Å². The van der Waals surface area contributed by atoms with E-state index in [9.17, 15) is 13.5 Å². The summed E-state index contributed by atoms with van der Waals surface area (Å²) < 4.78 is 24.1. The van der Waals surface area contributed by atoms with Crippen LogP contribution in [-0.4, -0.2) is 42.8 Å². The lowest BCUT2D eigenvalue weighted by atomic mass is 10.0. The Kier molecular flexibility index (Phi) is 3.48. The van der Waals surface area contributed by atoms with E-state index in [1.54, 1.807) is 6.07 Å². The summed E-state index contributed by atoms with van der Waals surface area (Å²) in [6.07, 6.45) is 0.160. The van der Waals surface area contributed by atoms with E-state index in [1.165, 1.54) is 4.31 Å². The molecule has 80 valence electrons. The molecule has 0 radical (unpaired) electrons. The van der Waals surface area contributed by atoms with Gasteiger partial charge in [0.2, 0.25) is 10.0 Å². The minimum Gasteiger partial charge on any atom is -0.391 e. The first-order valence-corrected chi connectivity index (χ1v) is 6.15. The van der Waals surface area contributed by atoms with Crippen LogP contribution < -0.4 is 0 Å². The molecule has 1 saturated heterocycles. The minimum atomic E-state index is -3.47. The van der Waals surface area contributed by atoms with Gasteiger partial charge in [-0.2, -0.15) is 9.57 Å². The Hall–Kier alpha value is -0.640. The van der Waals surface area contributed by atoms with Crippen LogP contribution in [-0.2, 0) is 10.0 Å². The number of sulfonamides is 1. The molecule has 1 heterocycles. The highest BCUT2D eigenvalue weighted by Crippen LogP contribution is 2.22. The molecule has 1 aliphatic heterocycles. The van der Waals surface area contributed by atoms with Gasteiger partial charge in [0.15, 0.2) is 5.75 Å². The van der Waals surface area contributed by atoms with E-state index < -0.39 is 21.9 Å². The minimum absolute atomic E-state index is 0.00321. The van der Waals surface area contributed by atoms with Gasteiger partial charge in [-0.3, -0.25) is 0 Å². The first-order chi connectivity index (χ1) is 6.51. The van der Waals surface area contributed by atoms with Gasteiger partial charge in [-0.05, 0) is 12.3 Å². The third-order valence-electron chi connectivity index (χ3n) is 2.54. The maximum Gasteiger partial charge on any atom is 0.227 e. The standard InChI is InChI=1S/C8H14N2O3S/c1-2-7-5-10(6-8(7)11)14(12,13)4-3-9/h7-8,11H,2,4-6H2,1H3. The summed E-state index contributed by atoms with van der Waals surface area (Å²) in [4.78, 5) is 0. The van der Waals surface area contributed by atoms with Crippen molar-refractivity contribution in [2.24, 2.45) is 5.92 Å². The Morgan fingerprint density at radius 1 is 1.57 bits per heavy atom. The highest BCUT2D eigenvalue weighted by atomic mass is 32.2. The average molecular weight is 218 g/mol. The van der Waals surface area contributed by atoms with Crippen LogP contribution in [0.2, 0.25) is 0 Å². The number of aliphatic hydroxyl groups is 1. The van der Waals surface area contributed by atoms with Crippen LogP contribution in [0.25, 0.3) is 0 Å². The molecular weight excluding hydrogens is 204 g/mol. The molecule has 2 unspecified atom stereocenters. The van der Waals surface area contributed by atoms with Crippen LogP contribution >= 0.6 is 0 Å². The molecule has 1 rings (SSSR count). The molecule has 0 aromatic rings. The Labute approximate surface area is 84.0 Å². The number of hydrogen-bond donors (Lipinski definition) is 1. The second-order valence-corrected chi connectivity index (χ2v) is 5.44. The molecular formula is C8H14N2O3S. The first-order valence-electron chi connectivity index (χ1n) is 4.54. The normalized spacial score (nSPS) is 28.9. The fourth-order valence-corrected chi connectivity index (χ4v) is 2.76. The zero-order valence-electron chi connectivity index (χ0n) is 8.05. The van der Waals surface area contributed by atoms with Gasteiger partial charge in [-0.1, -0.05) is 6.92 Å². The molecule has 0 aromatic carbocycles. The van der Waals surface area contributed by atoms with Crippen molar-refractivity contribution in [3.05, 3.63) is 0 Å². The van der Waals surface area contributed by atoms with Crippen molar-refractivity contribution in [1.29, 1.82) is 5.26 Å². The molecule has 1 N–H and O–H groups in total. The topological polar surface area (TPSA) is 81.4 Å². The number of hydrogen-bond acceptors (Lipinski definition) is 4. The Balaban J connectivity index is 2.71. The third-order valence-corrected chi connectivity index (χ3v) is 4.12. The molecule has 6 heteroatoms. The molecule has 2 atom stereocenters. The summed E-state index contributed by atoms with van der Waals surface area (Å²) in [7, 11) is -3.47. The largest absolute Gasteiger partial charge is 0.391 e. The van der Waals surface area contributed by atoms with E-state index in [2.05, 4.69) is 0 Å². The smallest absolute Gasteiger partial charge is 0.227 e. The number of nitrogens with zero attached hydrogens (tertiary/aromatic N) is 2. The molecule has 0 bridgehead atoms. The molecule has 1 fully saturated rings. The molecule has 1 aliphatic rings. The predicted octanol–water partition coefficient (Wildman–Crippen LogP) is -0.458. The van der Waals surface area contributed by atoms with Gasteiger partial charge < -0.3 is 5.11 Å². The van der Waals surface area contributed by atoms with Gasteiger partial charge in [-0.15, -0.1) is 0 Å². The summed E-state index contributed by atoms with van der Waals surface area (Å²) in [6.45, 7) is 2.37. The van der Waals surface area contributed by atoms with Gasteiger partial charge in [0.1, 0.15) is 0 Å². The lowest BCUT2D eigenvalue weighted by molar-refractivity contribution is 0.143. The van der Waals surface area contributed by atoms with Crippen LogP contribution in [0.4, 0.5) is 0 Å². The van der Waals surface area contributed by atoms with Crippen molar-refractivity contribution in [2.45, 2.75) is 19.4 Å². The van der Waals surface area contributed by atoms with Crippen LogP contribution in [0.3, 0.4) is 0 Å². The van der Waals surface area contributed by atoms with Crippen molar-refractivity contribution in [1.82, 2.24) is 4.31 Å². The number of rotatable bonds is 3. The molecule has 0 aromatic heterocycles. The van der Waals surface area contributed by atoms with Gasteiger partial charge in [0.05, 0.1) is 12.2 Å². The number of aliphatic hydroxyl groups excluding tert-OH is 1. The second-order valence-electron chi connectivity index (χ2n) is 3.47. The zero-order chi connectivity index (χ0) is 10.8. The van der Waals surface area contributed by atoms with E-state index in [1.807, 2.05) is 6.92 Å². The van der Waals surface area contributed by atoms with Crippen molar-refractivity contribution < 1.29 is 13.5 Å². The summed E-state index contributed by atoms with van der Waals surface area (Å²) >= 11 is 0. The molecule has 0 spiro atoms. The van der Waals surface area contributed by atoms with E-state index in [4.69, 9.17) is 5.26 Å². The molecule has 0 aliphatic carbocycles. The summed E-state index contributed by atoms with van der Waals surface area (Å²) in [5, 5.41) is 17.8. The monoisotopic (exact) mass is 218 g/mol. The maximum absolute atomic E-state index is 11.4. The fourth-order valence-electron chi connectivity index (χ4n) is 1.62. The van der Waals surface area contributed by atoms with Crippen molar-refractivity contribution in [3.8, 4) is 6.07 Å². The predicted molar refractivity (Wildman–Crippen MR) is 50.8 cm³/mol. The first kappa shape index (κ1) is 11.4. The number of β-amino-alcohol motifs (C(OH)–C–C–N with tert-alkyl or cyclic N) is 1. The fraction of sp³-hybridized carbons (Fsp3) is 0.875. The molecule has 0 saturated carbocycles. The molecule has 0 amide bonds. The van der Waals surface area contributed by atoms with Gasteiger partial charge in [0, 0.05) is 13.1 Å². The van der Waals surface area contributed by atoms with Gasteiger partial charge >= 0.3 is 0 Å². The average Bonchev–Trinajstić information content (AvgIpc) is 2.47. The van der Waals surface area contributed by atoms with Crippen molar-refractivity contribution in [3.63, 3.8) is 0 Å². The summed E-state index contributed by atoms with van der Waals surface area (Å²) in [5.41, 5.74) is 0. The maximum atomic E-state index is 11.4. The van der Waals surface area contributed by atoms with Gasteiger partial charge in [-0.25, -0.2) is 8.42 Å². The molecule has 14 heavy (non-hydrogen) atoms. The van der Waals surface area contributed by atoms with E-state index in [0.29, 0.717) is 6.54 Å². The second kappa shape index (κ2) is 4.26. The van der Waals surface area contributed by atoms with E-state index in [0.717, 1.165) is 6.42 Å². The quantitative estimate of drug-likeness (QED) is 0.695. The van der Waals surface area contributed by atoms with Crippen LogP contribution in [0, 0.1) is 17.2 Å². The SMILES string of the molecule is CCC1CN(S(=O)(=O)CC#N)CC1O. The summed E-state index contributed by atoms with van der Waals surface area (Å²) in [5.74, 6) is -0.501. The van der Waals surface area contributed by atoms with Crippen molar-refractivity contribution in [2.75, 3.05) is 18.8 Å². The lowest BCUT2D eigenvalue weighted by Crippen LogP contribution is -2.31. The third kappa shape index (κ3) is 2.23. The van der Waals surface area contributed by atoms with Crippen LogP contribution in [0.5, 0.6) is 0 Å². The molecule has 5 nitrogen and oxygen atoms in total. The Morgan fingerprint density at radius 2 is 2.21 bits per heavy atom. The lowest BCUT2D eigenvalue weighted by Gasteiger charge is -2.12. The summed E-state index contributed by atoms with van der Waals surface area (Å²) in [6, 6.07) is 1.62. The highest BCUT2D eigenvalue weighted by molar-refractivity contribution is 7.89. The Bertz CT molecular complexity index is 333. The zero-order valence-corrected chi connectivity index (χ0v) is 8.87. The van der Waals surface area contributed by atoms with E-state index in [-0.39, 0.29) is 12.5 Å². The van der Waals surface area contributed by atoms with Gasteiger partial charge in [0.25, 0.3) is 0 Å². The van der Waals surface area contributed by atoms with Crippen LogP contribution in [0.15, 0.2) is 0 Å². The van der Waals surface area contributed by atoms with Crippen molar-refractivity contribution >= 4 is 10.0 Å².